The van der Waals surface area contributed by atoms with Gasteiger partial charge in [-0.2, -0.15) is 0 Å². The standard InChI is InChI=1S/C12H8BrIN2O/c13-11-10(5-2-6-15-11)16-12(17)8-3-1-4-9(14)7-8/h1-7H,(H,16,17). The Morgan fingerprint density at radius 3 is 2.82 bits per heavy atom. The molecule has 1 heterocycles. The quantitative estimate of drug-likeness (QED) is 0.614. The first-order chi connectivity index (χ1) is 8.16. The maximum absolute atomic E-state index is 12.0. The second-order valence-electron chi connectivity index (χ2n) is 3.31. The van der Waals surface area contributed by atoms with Gasteiger partial charge in [-0.05, 0) is 68.9 Å². The summed E-state index contributed by atoms with van der Waals surface area (Å²) in [5.41, 5.74) is 1.30. The third-order valence-electron chi connectivity index (χ3n) is 2.09. The van der Waals surface area contributed by atoms with Gasteiger partial charge in [0.1, 0.15) is 4.60 Å². The smallest absolute Gasteiger partial charge is 0.255 e. The highest BCUT2D eigenvalue weighted by molar-refractivity contribution is 14.1. The lowest BCUT2D eigenvalue weighted by Crippen LogP contribution is -2.12. The van der Waals surface area contributed by atoms with Gasteiger partial charge in [-0.3, -0.25) is 4.79 Å². The number of aromatic nitrogens is 1. The molecule has 0 aliphatic rings. The second-order valence-corrected chi connectivity index (χ2v) is 5.30. The van der Waals surface area contributed by atoms with E-state index in [9.17, 15) is 4.79 Å². The van der Waals surface area contributed by atoms with Crippen molar-refractivity contribution in [2.24, 2.45) is 0 Å². The molecule has 5 heteroatoms. The van der Waals surface area contributed by atoms with Gasteiger partial charge in [0.15, 0.2) is 0 Å². The summed E-state index contributed by atoms with van der Waals surface area (Å²) in [5.74, 6) is -0.141. The molecule has 2 aromatic rings. The second kappa shape index (κ2) is 5.59. The summed E-state index contributed by atoms with van der Waals surface area (Å²) in [6.07, 6.45) is 1.66. The molecule has 17 heavy (non-hydrogen) atoms. The number of halogens is 2. The lowest BCUT2D eigenvalue weighted by molar-refractivity contribution is 0.102. The molecule has 1 amide bonds. The van der Waals surface area contributed by atoms with Crippen LogP contribution in [0, 0.1) is 3.57 Å². The maximum Gasteiger partial charge on any atom is 0.255 e. The molecule has 0 saturated heterocycles. The molecule has 0 radical (unpaired) electrons. The molecule has 0 aliphatic heterocycles. The van der Waals surface area contributed by atoms with Gasteiger partial charge < -0.3 is 5.32 Å². The van der Waals surface area contributed by atoms with Crippen LogP contribution < -0.4 is 5.32 Å². The molecule has 0 saturated carbocycles. The fourth-order valence-electron chi connectivity index (χ4n) is 1.30. The minimum atomic E-state index is -0.141. The van der Waals surface area contributed by atoms with E-state index in [2.05, 4.69) is 48.8 Å². The fourth-order valence-corrected chi connectivity index (χ4v) is 2.20. The average molecular weight is 403 g/mol. The van der Waals surface area contributed by atoms with E-state index in [0.29, 0.717) is 15.9 Å². The van der Waals surface area contributed by atoms with Crippen molar-refractivity contribution in [1.82, 2.24) is 4.98 Å². The van der Waals surface area contributed by atoms with Crippen LogP contribution in [0.2, 0.25) is 0 Å². The molecule has 0 unspecified atom stereocenters. The average Bonchev–Trinajstić information content (AvgIpc) is 2.32. The Hall–Kier alpha value is -0.950. The minimum Gasteiger partial charge on any atom is -0.320 e. The molecular weight excluding hydrogens is 395 g/mol. The van der Waals surface area contributed by atoms with Gasteiger partial charge >= 0.3 is 0 Å². The zero-order valence-electron chi connectivity index (χ0n) is 8.65. The summed E-state index contributed by atoms with van der Waals surface area (Å²) in [6, 6.07) is 11.0. The molecule has 1 N–H and O–H groups in total. The highest BCUT2D eigenvalue weighted by atomic mass is 127. The molecule has 2 rings (SSSR count). The van der Waals surface area contributed by atoms with Crippen LogP contribution in [0.15, 0.2) is 47.2 Å². The molecule has 3 nitrogen and oxygen atoms in total. The zero-order valence-corrected chi connectivity index (χ0v) is 12.4. The summed E-state index contributed by atoms with van der Waals surface area (Å²) in [5, 5.41) is 2.80. The number of hydrogen-bond donors (Lipinski definition) is 1. The lowest BCUT2D eigenvalue weighted by atomic mass is 10.2. The molecule has 0 fully saturated rings. The number of pyridine rings is 1. The number of amides is 1. The Balaban J connectivity index is 2.20. The van der Waals surface area contributed by atoms with Crippen LogP contribution >= 0.6 is 38.5 Å². The van der Waals surface area contributed by atoms with Crippen LogP contribution in [0.4, 0.5) is 5.69 Å². The number of benzene rings is 1. The van der Waals surface area contributed by atoms with Crippen molar-refractivity contribution in [3.8, 4) is 0 Å². The van der Waals surface area contributed by atoms with E-state index in [4.69, 9.17) is 0 Å². The third-order valence-corrected chi connectivity index (χ3v) is 3.40. The fraction of sp³-hybridized carbons (Fsp3) is 0. The summed E-state index contributed by atoms with van der Waals surface area (Å²) in [4.78, 5) is 16.0. The largest absolute Gasteiger partial charge is 0.320 e. The van der Waals surface area contributed by atoms with Crippen molar-refractivity contribution in [3.63, 3.8) is 0 Å². The van der Waals surface area contributed by atoms with Crippen LogP contribution in [0.3, 0.4) is 0 Å². The summed E-state index contributed by atoms with van der Waals surface area (Å²) in [6.45, 7) is 0. The van der Waals surface area contributed by atoms with Crippen LogP contribution in [-0.4, -0.2) is 10.9 Å². The van der Waals surface area contributed by atoms with E-state index in [1.807, 2.05) is 18.2 Å². The first kappa shape index (κ1) is 12.5. The van der Waals surface area contributed by atoms with Gasteiger partial charge in [0.05, 0.1) is 5.69 Å². The molecule has 0 bridgehead atoms. The molecule has 86 valence electrons. The van der Waals surface area contributed by atoms with Crippen molar-refractivity contribution in [1.29, 1.82) is 0 Å². The molecular formula is C12H8BrIN2O. The van der Waals surface area contributed by atoms with Crippen molar-refractivity contribution < 1.29 is 4.79 Å². The first-order valence-electron chi connectivity index (χ1n) is 4.84. The van der Waals surface area contributed by atoms with E-state index in [0.717, 1.165) is 3.57 Å². The number of carbonyl (C=O) groups excluding carboxylic acids is 1. The predicted molar refractivity (Wildman–Crippen MR) is 79.0 cm³/mol. The molecule has 0 spiro atoms. The van der Waals surface area contributed by atoms with Crippen LogP contribution in [0.5, 0.6) is 0 Å². The Morgan fingerprint density at radius 1 is 1.29 bits per heavy atom. The zero-order chi connectivity index (χ0) is 12.3. The number of rotatable bonds is 2. The number of carbonyl (C=O) groups is 1. The Kier molecular flexibility index (Phi) is 4.11. The third kappa shape index (κ3) is 3.26. The highest BCUT2D eigenvalue weighted by Gasteiger charge is 2.08. The number of anilines is 1. The number of nitrogens with zero attached hydrogens (tertiary/aromatic N) is 1. The maximum atomic E-state index is 12.0. The van der Waals surface area contributed by atoms with Crippen molar-refractivity contribution in [3.05, 3.63) is 56.3 Å². The van der Waals surface area contributed by atoms with Gasteiger partial charge in [0.2, 0.25) is 0 Å². The van der Waals surface area contributed by atoms with Crippen LogP contribution in [0.25, 0.3) is 0 Å². The van der Waals surface area contributed by atoms with Gasteiger partial charge in [0.25, 0.3) is 5.91 Å². The lowest BCUT2D eigenvalue weighted by Gasteiger charge is -2.06. The number of nitrogens with one attached hydrogen (secondary N) is 1. The van der Waals surface area contributed by atoms with E-state index in [1.165, 1.54) is 0 Å². The number of hydrogen-bond acceptors (Lipinski definition) is 2. The topological polar surface area (TPSA) is 42.0 Å². The monoisotopic (exact) mass is 402 g/mol. The van der Waals surface area contributed by atoms with Crippen LogP contribution in [-0.2, 0) is 0 Å². The summed E-state index contributed by atoms with van der Waals surface area (Å²) in [7, 11) is 0. The first-order valence-corrected chi connectivity index (χ1v) is 6.71. The summed E-state index contributed by atoms with van der Waals surface area (Å²) < 4.78 is 1.65. The van der Waals surface area contributed by atoms with Crippen molar-refractivity contribution in [2.75, 3.05) is 5.32 Å². The molecule has 1 aromatic heterocycles. The highest BCUT2D eigenvalue weighted by Crippen LogP contribution is 2.19. The van der Waals surface area contributed by atoms with Crippen molar-refractivity contribution >= 4 is 50.1 Å². The van der Waals surface area contributed by atoms with Gasteiger partial charge in [-0.15, -0.1) is 0 Å². The van der Waals surface area contributed by atoms with Gasteiger partial charge in [0, 0.05) is 15.3 Å². The van der Waals surface area contributed by atoms with Gasteiger partial charge in [-0.1, -0.05) is 6.07 Å². The van der Waals surface area contributed by atoms with Crippen LogP contribution in [0.1, 0.15) is 10.4 Å². The van der Waals surface area contributed by atoms with Gasteiger partial charge in [-0.25, -0.2) is 4.98 Å². The Bertz CT molecular complexity index is 560. The SMILES string of the molecule is O=C(Nc1cccnc1Br)c1cccc(I)c1. The molecule has 0 atom stereocenters. The van der Waals surface area contributed by atoms with E-state index >= 15 is 0 Å². The Labute approximate surface area is 121 Å². The van der Waals surface area contributed by atoms with Crippen molar-refractivity contribution in [2.45, 2.75) is 0 Å². The van der Waals surface area contributed by atoms with E-state index in [-0.39, 0.29) is 5.91 Å². The molecule has 0 aliphatic carbocycles. The predicted octanol–water partition coefficient (Wildman–Crippen LogP) is 3.70. The van der Waals surface area contributed by atoms with E-state index in [1.54, 1.807) is 24.4 Å². The molecule has 1 aromatic carbocycles. The van der Waals surface area contributed by atoms with E-state index < -0.39 is 0 Å². The minimum absolute atomic E-state index is 0.141. The summed E-state index contributed by atoms with van der Waals surface area (Å²) >= 11 is 5.46. The Morgan fingerprint density at radius 2 is 2.12 bits per heavy atom. The normalized spacial score (nSPS) is 10.0.